The lowest BCUT2D eigenvalue weighted by Crippen LogP contribution is -1.94. The van der Waals surface area contributed by atoms with Crippen molar-refractivity contribution in [3.63, 3.8) is 0 Å². The molecule has 0 saturated heterocycles. The molecule has 2 atom stereocenters. The van der Waals surface area contributed by atoms with Crippen LogP contribution in [0.25, 0.3) is 0 Å². The fourth-order valence-electron chi connectivity index (χ4n) is 2.93. The Labute approximate surface area is 175 Å². The minimum absolute atomic E-state index is 0.347. The van der Waals surface area contributed by atoms with Gasteiger partial charge in [0.15, 0.2) is 0 Å². The number of phenols is 2. The molecule has 2 N–H and O–H groups in total. The molecule has 0 radical (unpaired) electrons. The van der Waals surface area contributed by atoms with E-state index in [9.17, 15) is 10.2 Å². The van der Waals surface area contributed by atoms with Gasteiger partial charge in [-0.3, -0.25) is 0 Å². The Morgan fingerprint density at radius 3 is 1.44 bits per heavy atom. The molecule has 2 aromatic carbocycles. The van der Waals surface area contributed by atoms with Crippen molar-refractivity contribution in [1.82, 2.24) is 0 Å². The minimum atomic E-state index is 0.347. The Bertz CT molecular complexity index is 724. The summed E-state index contributed by atoms with van der Waals surface area (Å²) in [5.41, 5.74) is 3.93. The second kappa shape index (κ2) is 10.0. The van der Waals surface area contributed by atoms with Gasteiger partial charge < -0.3 is 10.2 Å². The van der Waals surface area contributed by atoms with Gasteiger partial charge in [0.05, 0.1) is 0 Å². The average molecular weight is 423 g/mol. The number of hydrogen-bond donors (Lipinski definition) is 2. The third-order valence-corrected chi connectivity index (χ3v) is 8.93. The van der Waals surface area contributed by atoms with Gasteiger partial charge in [0.25, 0.3) is 0 Å². The molecule has 2 unspecified atom stereocenters. The van der Waals surface area contributed by atoms with E-state index in [-0.39, 0.29) is 0 Å². The molecule has 0 saturated carbocycles. The van der Waals surface area contributed by atoms with Crippen molar-refractivity contribution in [2.75, 3.05) is 0 Å². The molecule has 0 aliphatic rings. The standard InChI is InChI=1S/C22H30O2S3/c1-7-13(3)19-11-17(9-15(5)21(19)23)25-27-26-18-10-16(6)22(24)20(12-18)14(4)8-2/h9-14,23-24H,7-8H2,1-6H3. The fourth-order valence-corrected chi connectivity index (χ4v) is 6.79. The lowest BCUT2D eigenvalue weighted by atomic mass is 9.96. The van der Waals surface area contributed by atoms with Crippen LogP contribution in [0.1, 0.15) is 74.6 Å². The first-order chi connectivity index (χ1) is 12.8. The number of phenolic OH excluding ortho intramolecular Hbond substituents is 2. The van der Waals surface area contributed by atoms with Crippen LogP contribution < -0.4 is 0 Å². The van der Waals surface area contributed by atoms with Crippen LogP contribution in [0.2, 0.25) is 0 Å². The van der Waals surface area contributed by atoms with Gasteiger partial charge >= 0.3 is 0 Å². The third kappa shape index (κ3) is 5.55. The molecule has 0 fully saturated rings. The molecule has 148 valence electrons. The summed E-state index contributed by atoms with van der Waals surface area (Å²) in [7, 11) is 5.15. The molecule has 0 aliphatic heterocycles. The molecule has 0 aromatic heterocycles. The van der Waals surface area contributed by atoms with Crippen LogP contribution in [0.15, 0.2) is 34.1 Å². The first-order valence-electron chi connectivity index (χ1n) is 9.46. The summed E-state index contributed by atoms with van der Waals surface area (Å²) in [6.45, 7) is 12.5. The zero-order valence-electron chi connectivity index (χ0n) is 17.0. The Morgan fingerprint density at radius 1 is 0.741 bits per heavy atom. The molecule has 0 spiro atoms. The summed E-state index contributed by atoms with van der Waals surface area (Å²) < 4.78 is 0. The minimum Gasteiger partial charge on any atom is -0.507 e. The summed E-state index contributed by atoms with van der Waals surface area (Å²) in [6, 6.07) is 8.32. The van der Waals surface area contributed by atoms with Crippen molar-refractivity contribution in [3.05, 3.63) is 46.5 Å². The van der Waals surface area contributed by atoms with Crippen LogP contribution in [0, 0.1) is 13.8 Å². The summed E-state index contributed by atoms with van der Waals surface area (Å²) in [5, 5.41) is 20.7. The van der Waals surface area contributed by atoms with E-state index in [2.05, 4.69) is 39.8 Å². The first-order valence-corrected chi connectivity index (χ1v) is 12.9. The quantitative estimate of drug-likeness (QED) is 0.420. The Kier molecular flexibility index (Phi) is 8.32. The van der Waals surface area contributed by atoms with Gasteiger partial charge in [0, 0.05) is 9.79 Å². The van der Waals surface area contributed by atoms with Crippen molar-refractivity contribution in [1.29, 1.82) is 0 Å². The van der Waals surface area contributed by atoms with Crippen molar-refractivity contribution >= 4 is 31.4 Å². The normalized spacial score (nSPS) is 13.6. The van der Waals surface area contributed by atoms with Crippen LogP contribution >= 0.6 is 31.4 Å². The van der Waals surface area contributed by atoms with Crippen molar-refractivity contribution in [2.24, 2.45) is 0 Å². The zero-order valence-corrected chi connectivity index (χ0v) is 19.4. The lowest BCUT2D eigenvalue weighted by molar-refractivity contribution is 0.456. The van der Waals surface area contributed by atoms with E-state index in [0.717, 1.165) is 44.9 Å². The number of aryl methyl sites for hydroxylation is 2. The van der Waals surface area contributed by atoms with Crippen LogP contribution in [0.4, 0.5) is 0 Å². The maximum Gasteiger partial charge on any atom is 0.122 e. The molecule has 2 rings (SSSR count). The Morgan fingerprint density at radius 2 is 1.11 bits per heavy atom. The van der Waals surface area contributed by atoms with Gasteiger partial charge in [0.2, 0.25) is 0 Å². The Hall–Kier alpha value is -0.910. The Balaban J connectivity index is 2.13. The van der Waals surface area contributed by atoms with Crippen LogP contribution in [-0.4, -0.2) is 10.2 Å². The molecule has 27 heavy (non-hydrogen) atoms. The monoisotopic (exact) mass is 422 g/mol. The lowest BCUT2D eigenvalue weighted by Gasteiger charge is -2.16. The predicted molar refractivity (Wildman–Crippen MR) is 122 cm³/mol. The first kappa shape index (κ1) is 22.4. The van der Waals surface area contributed by atoms with Crippen LogP contribution in [0.3, 0.4) is 0 Å². The van der Waals surface area contributed by atoms with Gasteiger partial charge in [0.1, 0.15) is 11.5 Å². The third-order valence-electron chi connectivity index (χ3n) is 5.15. The summed E-state index contributed by atoms with van der Waals surface area (Å²) in [5.74, 6) is 1.55. The van der Waals surface area contributed by atoms with Crippen LogP contribution in [0.5, 0.6) is 11.5 Å². The van der Waals surface area contributed by atoms with Crippen molar-refractivity contribution < 1.29 is 10.2 Å². The number of benzene rings is 2. The predicted octanol–water partition coefficient (Wildman–Crippen LogP) is 8.19. The molecule has 0 amide bonds. The maximum atomic E-state index is 10.3. The van der Waals surface area contributed by atoms with Gasteiger partial charge in [-0.15, -0.1) is 0 Å². The zero-order chi connectivity index (χ0) is 20.1. The largest absolute Gasteiger partial charge is 0.507 e. The average Bonchev–Trinajstić information content (AvgIpc) is 2.65. The van der Waals surface area contributed by atoms with Crippen molar-refractivity contribution in [3.8, 4) is 11.5 Å². The molecule has 2 nitrogen and oxygen atoms in total. The van der Waals surface area contributed by atoms with E-state index in [0.29, 0.717) is 23.3 Å². The number of hydrogen-bond acceptors (Lipinski definition) is 5. The van der Waals surface area contributed by atoms with E-state index in [1.807, 2.05) is 26.0 Å². The van der Waals surface area contributed by atoms with E-state index in [4.69, 9.17) is 0 Å². The molecule has 0 aliphatic carbocycles. The highest BCUT2D eigenvalue weighted by molar-refractivity contribution is 9.09. The van der Waals surface area contributed by atoms with E-state index in [1.165, 1.54) is 0 Å². The SMILES string of the molecule is CCC(C)c1cc(SSSc2cc(C)c(O)c(C(C)CC)c2)cc(C)c1O. The maximum absolute atomic E-state index is 10.3. The van der Waals surface area contributed by atoms with Gasteiger partial charge in [-0.05, 0) is 116 Å². The molecule has 2 aromatic rings. The van der Waals surface area contributed by atoms with Crippen molar-refractivity contribution in [2.45, 2.75) is 76.0 Å². The second-order valence-electron chi connectivity index (χ2n) is 7.21. The second-order valence-corrected chi connectivity index (χ2v) is 11.3. The summed E-state index contributed by atoms with van der Waals surface area (Å²) >= 11 is 0. The van der Waals surface area contributed by atoms with E-state index >= 15 is 0 Å². The van der Waals surface area contributed by atoms with Gasteiger partial charge in [-0.2, -0.15) is 0 Å². The highest BCUT2D eigenvalue weighted by Crippen LogP contribution is 2.48. The fraction of sp³-hybridized carbons (Fsp3) is 0.455. The summed E-state index contributed by atoms with van der Waals surface area (Å²) in [6.07, 6.45) is 2.02. The van der Waals surface area contributed by atoms with E-state index < -0.39 is 0 Å². The molecule has 0 bridgehead atoms. The highest BCUT2D eigenvalue weighted by atomic mass is 33.5. The molecule has 5 heteroatoms. The summed E-state index contributed by atoms with van der Waals surface area (Å²) in [4.78, 5) is 2.33. The topological polar surface area (TPSA) is 40.5 Å². The molecule has 0 heterocycles. The highest BCUT2D eigenvalue weighted by Gasteiger charge is 2.15. The number of aromatic hydroxyl groups is 2. The van der Waals surface area contributed by atoms with Gasteiger partial charge in [-0.25, -0.2) is 0 Å². The number of rotatable bonds is 8. The smallest absolute Gasteiger partial charge is 0.122 e. The molecular formula is C22H30O2S3. The molecular weight excluding hydrogens is 392 g/mol. The van der Waals surface area contributed by atoms with E-state index in [1.54, 1.807) is 31.4 Å². The van der Waals surface area contributed by atoms with Crippen LogP contribution in [-0.2, 0) is 0 Å². The van der Waals surface area contributed by atoms with Gasteiger partial charge in [-0.1, -0.05) is 27.7 Å².